The quantitative estimate of drug-likeness (QED) is 0.582. The van der Waals surface area contributed by atoms with Crippen LogP contribution in [0, 0.1) is 0 Å². The molecule has 1 aliphatic rings. The van der Waals surface area contributed by atoms with Crippen LogP contribution in [-0.2, 0) is 0 Å². The predicted molar refractivity (Wildman–Crippen MR) is 85.0 cm³/mol. The first-order valence-electron chi connectivity index (χ1n) is 6.65. The highest BCUT2D eigenvalue weighted by Gasteiger charge is 2.45. The molecule has 0 radical (unpaired) electrons. The maximum atomic E-state index is 10.7. The Labute approximate surface area is 129 Å². The summed E-state index contributed by atoms with van der Waals surface area (Å²) < 4.78 is 0. The van der Waals surface area contributed by atoms with Crippen LogP contribution < -0.4 is 0 Å². The van der Waals surface area contributed by atoms with Gasteiger partial charge in [0, 0.05) is 4.83 Å². The molecule has 1 rings (SSSR count). The fourth-order valence-corrected chi connectivity index (χ4v) is 3.27. The van der Waals surface area contributed by atoms with Crippen LogP contribution in [0.4, 0.5) is 0 Å². The van der Waals surface area contributed by atoms with E-state index in [0.717, 1.165) is 17.6 Å². The van der Waals surface area contributed by atoms with Crippen LogP contribution >= 0.6 is 27.5 Å². The van der Waals surface area contributed by atoms with E-state index in [1.165, 1.54) is 0 Å². The molecule has 0 aromatic carbocycles. The highest BCUT2D eigenvalue weighted by Crippen LogP contribution is 2.46. The van der Waals surface area contributed by atoms with Crippen molar-refractivity contribution in [3.05, 3.63) is 24.3 Å². The normalized spacial score (nSPS) is 36.8. The van der Waals surface area contributed by atoms with E-state index in [9.17, 15) is 10.2 Å². The fourth-order valence-electron chi connectivity index (χ4n) is 2.33. The summed E-state index contributed by atoms with van der Waals surface area (Å²) in [6.07, 6.45) is 2.56. The highest BCUT2D eigenvalue weighted by molar-refractivity contribution is 9.09. The van der Waals surface area contributed by atoms with Gasteiger partial charge >= 0.3 is 0 Å². The summed E-state index contributed by atoms with van der Waals surface area (Å²) in [6.45, 7) is 11.5. The van der Waals surface area contributed by atoms with Gasteiger partial charge in [-0.15, -0.1) is 11.6 Å². The van der Waals surface area contributed by atoms with Crippen LogP contribution in [-0.4, -0.2) is 31.6 Å². The van der Waals surface area contributed by atoms with E-state index in [2.05, 4.69) is 29.1 Å². The second-order valence-electron chi connectivity index (χ2n) is 5.99. The highest BCUT2D eigenvalue weighted by atomic mass is 79.9. The van der Waals surface area contributed by atoms with Gasteiger partial charge in [0.05, 0.1) is 16.6 Å². The molecule has 0 bridgehead atoms. The number of halogens is 2. The minimum Gasteiger partial charge on any atom is -0.389 e. The molecule has 110 valence electrons. The molecule has 4 heteroatoms. The van der Waals surface area contributed by atoms with Gasteiger partial charge in [0.2, 0.25) is 0 Å². The van der Waals surface area contributed by atoms with Crippen LogP contribution in [0.3, 0.4) is 0 Å². The SMILES string of the molecule is C=C(C)C(O)CCC(=C)[C@@]1(O)CC[C@](C)(Cl)[C@@H](Br)C1. The lowest BCUT2D eigenvalue weighted by Gasteiger charge is -2.43. The van der Waals surface area contributed by atoms with Gasteiger partial charge in [-0.3, -0.25) is 0 Å². The Bertz CT molecular complexity index is 367. The first-order valence-corrected chi connectivity index (χ1v) is 7.95. The summed E-state index contributed by atoms with van der Waals surface area (Å²) in [6, 6.07) is 0. The van der Waals surface area contributed by atoms with Gasteiger partial charge < -0.3 is 10.2 Å². The van der Waals surface area contributed by atoms with Gasteiger partial charge in [0.25, 0.3) is 0 Å². The predicted octanol–water partition coefficient (Wildman–Crippen LogP) is 3.94. The van der Waals surface area contributed by atoms with E-state index in [-0.39, 0.29) is 9.70 Å². The largest absolute Gasteiger partial charge is 0.389 e. The molecule has 2 N–H and O–H groups in total. The van der Waals surface area contributed by atoms with E-state index in [1.807, 2.05) is 6.92 Å². The summed E-state index contributed by atoms with van der Waals surface area (Å²) in [5, 5.41) is 20.4. The molecule has 1 saturated carbocycles. The molecule has 0 aromatic rings. The molecular formula is C15H24BrClO2. The molecule has 4 atom stereocenters. The van der Waals surface area contributed by atoms with Crippen molar-refractivity contribution in [2.45, 2.75) is 67.4 Å². The van der Waals surface area contributed by atoms with Crippen LogP contribution in [0.25, 0.3) is 0 Å². The molecule has 0 heterocycles. The monoisotopic (exact) mass is 350 g/mol. The first-order chi connectivity index (χ1) is 8.58. The van der Waals surface area contributed by atoms with Crippen molar-refractivity contribution in [1.29, 1.82) is 0 Å². The second kappa shape index (κ2) is 6.30. The van der Waals surface area contributed by atoms with Crippen molar-refractivity contribution in [3.63, 3.8) is 0 Å². The Kier molecular flexibility index (Phi) is 5.71. The summed E-state index contributed by atoms with van der Waals surface area (Å²) in [5.74, 6) is 0. The molecule has 0 spiro atoms. The fraction of sp³-hybridized carbons (Fsp3) is 0.733. The van der Waals surface area contributed by atoms with Crippen molar-refractivity contribution in [1.82, 2.24) is 0 Å². The lowest BCUT2D eigenvalue weighted by molar-refractivity contribution is 0.0307. The Balaban J connectivity index is 2.59. The number of rotatable bonds is 5. The molecule has 0 saturated heterocycles. The lowest BCUT2D eigenvalue weighted by Crippen LogP contribution is -2.46. The lowest BCUT2D eigenvalue weighted by atomic mass is 9.74. The molecule has 1 aliphatic carbocycles. The third-order valence-corrected chi connectivity index (χ3v) is 6.19. The van der Waals surface area contributed by atoms with Crippen LogP contribution in [0.15, 0.2) is 24.3 Å². The van der Waals surface area contributed by atoms with Crippen LogP contribution in [0.1, 0.15) is 46.0 Å². The molecule has 1 unspecified atom stereocenters. The number of aliphatic hydroxyl groups excluding tert-OH is 1. The summed E-state index contributed by atoms with van der Waals surface area (Å²) >= 11 is 9.94. The molecule has 0 aromatic heterocycles. The van der Waals surface area contributed by atoms with Crippen LogP contribution in [0.2, 0.25) is 0 Å². The number of hydrogen-bond donors (Lipinski definition) is 2. The maximum Gasteiger partial charge on any atom is 0.0866 e. The zero-order valence-electron chi connectivity index (χ0n) is 11.8. The number of aliphatic hydroxyl groups is 2. The third-order valence-electron chi connectivity index (χ3n) is 4.14. The van der Waals surface area contributed by atoms with E-state index < -0.39 is 11.7 Å². The van der Waals surface area contributed by atoms with E-state index in [0.29, 0.717) is 25.7 Å². The number of hydrogen-bond acceptors (Lipinski definition) is 2. The minimum atomic E-state index is -0.878. The Morgan fingerprint density at radius 2 is 2.05 bits per heavy atom. The smallest absolute Gasteiger partial charge is 0.0866 e. The molecular weight excluding hydrogens is 328 g/mol. The van der Waals surface area contributed by atoms with Crippen molar-refractivity contribution in [2.75, 3.05) is 0 Å². The van der Waals surface area contributed by atoms with E-state index in [4.69, 9.17) is 11.6 Å². The van der Waals surface area contributed by atoms with E-state index in [1.54, 1.807) is 6.92 Å². The zero-order chi connectivity index (χ0) is 14.8. The third kappa shape index (κ3) is 4.32. The van der Waals surface area contributed by atoms with Crippen LogP contribution in [0.5, 0.6) is 0 Å². The summed E-state index contributed by atoms with van der Waals surface area (Å²) in [7, 11) is 0. The first kappa shape index (κ1) is 17.2. The van der Waals surface area contributed by atoms with Gasteiger partial charge in [0.15, 0.2) is 0 Å². The summed E-state index contributed by atoms with van der Waals surface area (Å²) in [5.41, 5.74) is 0.650. The molecule has 19 heavy (non-hydrogen) atoms. The standard InChI is InChI=1S/C15H24BrClO2/c1-10(2)12(18)6-5-11(3)15(19)8-7-14(4,17)13(16)9-15/h12-13,18-19H,1,3,5-9H2,2,4H3/t12?,13-,14-,15+/m0/s1. The molecule has 0 aliphatic heterocycles. The number of alkyl halides is 2. The summed E-state index contributed by atoms with van der Waals surface area (Å²) in [4.78, 5) is -0.257. The van der Waals surface area contributed by atoms with Crippen molar-refractivity contribution >= 4 is 27.5 Å². The second-order valence-corrected chi connectivity index (χ2v) is 7.95. The topological polar surface area (TPSA) is 40.5 Å². The van der Waals surface area contributed by atoms with Gasteiger partial charge in [-0.25, -0.2) is 0 Å². The average Bonchev–Trinajstić information content (AvgIpc) is 2.31. The van der Waals surface area contributed by atoms with Gasteiger partial charge in [-0.1, -0.05) is 34.7 Å². The zero-order valence-corrected chi connectivity index (χ0v) is 14.1. The Hall–Kier alpha value is 0.170. The maximum absolute atomic E-state index is 10.7. The van der Waals surface area contributed by atoms with Crippen molar-refractivity contribution in [2.24, 2.45) is 0 Å². The van der Waals surface area contributed by atoms with Crippen molar-refractivity contribution < 1.29 is 10.2 Å². The van der Waals surface area contributed by atoms with Gasteiger partial charge in [0.1, 0.15) is 0 Å². The Morgan fingerprint density at radius 1 is 1.47 bits per heavy atom. The van der Waals surface area contributed by atoms with Crippen molar-refractivity contribution in [3.8, 4) is 0 Å². The molecule has 2 nitrogen and oxygen atoms in total. The average molecular weight is 352 g/mol. The molecule has 1 fully saturated rings. The molecule has 0 amide bonds. The Morgan fingerprint density at radius 3 is 2.53 bits per heavy atom. The van der Waals surface area contributed by atoms with Gasteiger partial charge in [-0.2, -0.15) is 0 Å². The van der Waals surface area contributed by atoms with E-state index >= 15 is 0 Å². The van der Waals surface area contributed by atoms with Gasteiger partial charge in [-0.05, 0) is 51.5 Å². The minimum absolute atomic E-state index is 0.0585.